The molecular formula is C11H14N2OS2. The number of carbonyl (C=O) groups excluding carboxylic acids is 1. The number of nitrogens with zero attached hydrogens (tertiary/aromatic N) is 1. The van der Waals surface area contributed by atoms with E-state index in [-0.39, 0.29) is 6.03 Å². The molecule has 1 heterocycles. The Labute approximate surface area is 106 Å². The lowest BCUT2D eigenvalue weighted by Crippen LogP contribution is -2.33. The molecule has 3 nitrogen and oxygen atoms in total. The number of carbonyl (C=O) groups is 1. The Balaban J connectivity index is 1.94. The number of amides is 2. The number of urea groups is 1. The lowest BCUT2D eigenvalue weighted by atomic mass is 10.3. The molecule has 1 aliphatic rings. The standard InChI is InChI=1S/C11H14N2OS2/c14-11(13-6-5-10(16)7-13)12-8-1-3-9(15)4-2-8/h1-4,10,15-16H,5-7H2,(H,12,14). The number of anilines is 1. The largest absolute Gasteiger partial charge is 0.323 e. The van der Waals surface area contributed by atoms with Crippen LogP contribution in [0, 0.1) is 0 Å². The van der Waals surface area contributed by atoms with Gasteiger partial charge in [0.15, 0.2) is 0 Å². The third-order valence-corrected chi connectivity index (χ3v) is 3.29. The summed E-state index contributed by atoms with van der Waals surface area (Å²) < 4.78 is 0. The first kappa shape index (κ1) is 11.7. The van der Waals surface area contributed by atoms with E-state index < -0.39 is 0 Å². The predicted octanol–water partition coefficient (Wildman–Crippen LogP) is 2.51. The number of hydrogen-bond acceptors (Lipinski definition) is 3. The second-order valence-electron chi connectivity index (χ2n) is 3.87. The van der Waals surface area contributed by atoms with Gasteiger partial charge in [0.05, 0.1) is 0 Å². The second-order valence-corrected chi connectivity index (χ2v) is 5.11. The summed E-state index contributed by atoms with van der Waals surface area (Å²) in [7, 11) is 0. The maximum absolute atomic E-state index is 11.8. The molecule has 16 heavy (non-hydrogen) atoms. The van der Waals surface area contributed by atoms with Gasteiger partial charge >= 0.3 is 6.03 Å². The Kier molecular flexibility index (Phi) is 3.66. The molecule has 2 rings (SSSR count). The Bertz CT molecular complexity index is 380. The van der Waals surface area contributed by atoms with Crippen molar-refractivity contribution in [1.82, 2.24) is 4.90 Å². The Morgan fingerprint density at radius 3 is 2.62 bits per heavy atom. The molecule has 1 N–H and O–H groups in total. The third kappa shape index (κ3) is 2.86. The summed E-state index contributed by atoms with van der Waals surface area (Å²) in [6.45, 7) is 1.50. The summed E-state index contributed by atoms with van der Waals surface area (Å²) in [6, 6.07) is 7.33. The lowest BCUT2D eigenvalue weighted by Gasteiger charge is -2.16. The van der Waals surface area contributed by atoms with Gasteiger partial charge in [0.25, 0.3) is 0 Å². The summed E-state index contributed by atoms with van der Waals surface area (Å²) >= 11 is 8.54. The van der Waals surface area contributed by atoms with Crippen LogP contribution < -0.4 is 5.32 Å². The van der Waals surface area contributed by atoms with E-state index >= 15 is 0 Å². The fourth-order valence-electron chi connectivity index (χ4n) is 1.67. The van der Waals surface area contributed by atoms with E-state index in [1.165, 1.54) is 0 Å². The number of likely N-dealkylation sites (tertiary alicyclic amines) is 1. The van der Waals surface area contributed by atoms with Crippen molar-refractivity contribution >= 4 is 37.0 Å². The zero-order valence-corrected chi connectivity index (χ0v) is 10.5. The van der Waals surface area contributed by atoms with Gasteiger partial charge in [-0.25, -0.2) is 4.79 Å². The van der Waals surface area contributed by atoms with Crippen molar-refractivity contribution in [2.75, 3.05) is 18.4 Å². The minimum atomic E-state index is -0.0523. The van der Waals surface area contributed by atoms with Crippen LogP contribution in [0.25, 0.3) is 0 Å². The molecule has 1 aromatic carbocycles. The van der Waals surface area contributed by atoms with E-state index in [0.717, 1.165) is 30.1 Å². The van der Waals surface area contributed by atoms with Crippen LogP contribution in [0.15, 0.2) is 29.2 Å². The van der Waals surface area contributed by atoms with Crippen molar-refractivity contribution in [1.29, 1.82) is 0 Å². The van der Waals surface area contributed by atoms with Crippen LogP contribution in [0.2, 0.25) is 0 Å². The normalized spacial score (nSPS) is 19.9. The van der Waals surface area contributed by atoms with E-state index in [4.69, 9.17) is 0 Å². The molecule has 0 spiro atoms. The van der Waals surface area contributed by atoms with Crippen molar-refractivity contribution in [3.63, 3.8) is 0 Å². The highest BCUT2D eigenvalue weighted by Crippen LogP contribution is 2.17. The molecule has 0 aliphatic carbocycles. The van der Waals surface area contributed by atoms with Crippen molar-refractivity contribution in [2.45, 2.75) is 16.6 Å². The summed E-state index contributed by atoms with van der Waals surface area (Å²) in [4.78, 5) is 14.5. The SMILES string of the molecule is O=C(Nc1ccc(S)cc1)N1CCC(S)C1. The van der Waals surface area contributed by atoms with Gasteiger partial charge in [-0.1, -0.05) is 0 Å². The molecule has 1 saturated heterocycles. The maximum atomic E-state index is 11.8. The van der Waals surface area contributed by atoms with Crippen LogP contribution >= 0.6 is 25.3 Å². The van der Waals surface area contributed by atoms with Gasteiger partial charge in [-0.3, -0.25) is 0 Å². The Morgan fingerprint density at radius 1 is 1.38 bits per heavy atom. The van der Waals surface area contributed by atoms with Gasteiger partial charge in [-0.15, -0.1) is 12.6 Å². The van der Waals surface area contributed by atoms with Crippen molar-refractivity contribution in [3.8, 4) is 0 Å². The molecule has 1 unspecified atom stereocenters. The average Bonchev–Trinajstić information content (AvgIpc) is 2.68. The summed E-state index contributed by atoms with van der Waals surface area (Å²) in [5.74, 6) is 0. The van der Waals surface area contributed by atoms with Gasteiger partial charge in [-0.2, -0.15) is 12.6 Å². The van der Waals surface area contributed by atoms with Crippen LogP contribution in [-0.4, -0.2) is 29.3 Å². The van der Waals surface area contributed by atoms with Crippen molar-refractivity contribution in [2.24, 2.45) is 0 Å². The number of nitrogens with one attached hydrogen (secondary N) is 1. The minimum Gasteiger partial charge on any atom is -0.323 e. The third-order valence-electron chi connectivity index (χ3n) is 2.57. The first-order valence-corrected chi connectivity index (χ1v) is 6.14. The molecule has 86 valence electrons. The average molecular weight is 254 g/mol. The molecule has 1 atom stereocenters. The first-order valence-electron chi connectivity index (χ1n) is 5.18. The van der Waals surface area contributed by atoms with E-state index in [1.54, 1.807) is 4.90 Å². The monoisotopic (exact) mass is 254 g/mol. The molecule has 1 aliphatic heterocycles. The highest BCUT2D eigenvalue weighted by molar-refractivity contribution is 7.81. The number of benzene rings is 1. The highest BCUT2D eigenvalue weighted by atomic mass is 32.1. The predicted molar refractivity (Wildman–Crippen MR) is 71.7 cm³/mol. The summed E-state index contributed by atoms with van der Waals surface area (Å²) in [5, 5.41) is 3.16. The minimum absolute atomic E-state index is 0.0523. The fraction of sp³-hybridized carbons (Fsp3) is 0.364. The molecule has 0 saturated carbocycles. The van der Waals surface area contributed by atoms with Crippen molar-refractivity contribution < 1.29 is 4.79 Å². The Hall–Kier alpha value is -0.810. The van der Waals surface area contributed by atoms with Crippen LogP contribution in [0.3, 0.4) is 0 Å². The summed E-state index contributed by atoms with van der Waals surface area (Å²) in [5.41, 5.74) is 0.797. The molecular weight excluding hydrogens is 240 g/mol. The zero-order chi connectivity index (χ0) is 11.5. The molecule has 0 radical (unpaired) electrons. The quantitative estimate of drug-likeness (QED) is 0.661. The van der Waals surface area contributed by atoms with E-state index in [9.17, 15) is 4.79 Å². The molecule has 5 heteroatoms. The lowest BCUT2D eigenvalue weighted by molar-refractivity contribution is 0.222. The van der Waals surface area contributed by atoms with Crippen LogP contribution in [0.1, 0.15) is 6.42 Å². The zero-order valence-electron chi connectivity index (χ0n) is 8.76. The van der Waals surface area contributed by atoms with Gasteiger partial charge in [0.1, 0.15) is 0 Å². The van der Waals surface area contributed by atoms with Gasteiger partial charge in [0.2, 0.25) is 0 Å². The van der Waals surface area contributed by atoms with E-state index in [2.05, 4.69) is 30.6 Å². The van der Waals surface area contributed by atoms with Gasteiger partial charge in [-0.05, 0) is 30.7 Å². The number of thiol groups is 2. The van der Waals surface area contributed by atoms with Crippen LogP contribution in [0.4, 0.5) is 10.5 Å². The highest BCUT2D eigenvalue weighted by Gasteiger charge is 2.23. The maximum Gasteiger partial charge on any atom is 0.321 e. The molecule has 0 aromatic heterocycles. The Morgan fingerprint density at radius 2 is 2.06 bits per heavy atom. The summed E-state index contributed by atoms with van der Waals surface area (Å²) in [6.07, 6.45) is 0.964. The fourth-order valence-corrected chi connectivity index (χ4v) is 2.14. The smallest absolute Gasteiger partial charge is 0.321 e. The molecule has 1 aromatic rings. The molecule has 1 fully saturated rings. The topological polar surface area (TPSA) is 32.3 Å². The van der Waals surface area contributed by atoms with Gasteiger partial charge < -0.3 is 10.2 Å². The van der Waals surface area contributed by atoms with Gasteiger partial charge in [0, 0.05) is 28.9 Å². The van der Waals surface area contributed by atoms with Crippen LogP contribution in [0.5, 0.6) is 0 Å². The second kappa shape index (κ2) is 5.01. The van der Waals surface area contributed by atoms with E-state index in [1.807, 2.05) is 24.3 Å². The van der Waals surface area contributed by atoms with Crippen molar-refractivity contribution in [3.05, 3.63) is 24.3 Å². The number of rotatable bonds is 1. The van der Waals surface area contributed by atoms with E-state index in [0.29, 0.717) is 5.25 Å². The molecule has 2 amide bonds. The molecule has 0 bridgehead atoms. The van der Waals surface area contributed by atoms with Crippen LogP contribution in [-0.2, 0) is 0 Å². The first-order chi connectivity index (χ1) is 7.65. The number of hydrogen-bond donors (Lipinski definition) is 3.